The van der Waals surface area contributed by atoms with E-state index in [0.29, 0.717) is 39.3 Å². The van der Waals surface area contributed by atoms with Crippen LogP contribution in [-0.4, -0.2) is 48.9 Å². The lowest BCUT2D eigenvalue weighted by Gasteiger charge is -2.26. The predicted molar refractivity (Wildman–Crippen MR) is 167 cm³/mol. The number of nitrogens with one attached hydrogen (secondary N) is 2. The number of rotatable bonds is 14. The zero-order valence-electron chi connectivity index (χ0n) is 25.9. The number of ether oxygens (including phenoxy) is 3. The number of hydrogen-bond donors (Lipinski definition) is 2. The predicted octanol–water partition coefficient (Wildman–Crippen LogP) is 7.49. The maximum atomic E-state index is 13.6. The fourth-order valence-corrected chi connectivity index (χ4v) is 4.71. The Morgan fingerprint density at radius 3 is 2.21 bits per heavy atom. The zero-order valence-corrected chi connectivity index (χ0v) is 25.9. The lowest BCUT2D eigenvalue weighted by Crippen LogP contribution is -2.41. The van der Waals surface area contributed by atoms with Crippen molar-refractivity contribution < 1.29 is 23.8 Å². The van der Waals surface area contributed by atoms with Crippen molar-refractivity contribution in [3.05, 3.63) is 83.4 Å². The monoisotopic (exact) mass is 577 g/mol. The number of nitrogens with zero attached hydrogens (tertiary/aromatic N) is 1. The molecule has 228 valence electrons. The van der Waals surface area contributed by atoms with Crippen LogP contribution in [0.1, 0.15) is 83.4 Å². The molecule has 3 aromatic carbocycles. The molecule has 0 aliphatic heterocycles. The first-order chi connectivity index (χ1) is 20.1. The SMILES string of the molecule is CCOC(OCC)c1ccc(CN(CCCCNC(=O)OC(C)(C)C)C(=O)N[C@@H](C)c2cccc3ccccc23)cc1. The zero-order chi connectivity index (χ0) is 30.5. The Morgan fingerprint density at radius 2 is 1.55 bits per heavy atom. The second-order valence-electron chi connectivity index (χ2n) is 11.3. The Hall–Kier alpha value is -3.62. The van der Waals surface area contributed by atoms with Crippen molar-refractivity contribution in [1.82, 2.24) is 15.5 Å². The number of alkyl carbamates (subject to hydrolysis) is 1. The van der Waals surface area contributed by atoms with E-state index in [9.17, 15) is 9.59 Å². The number of urea groups is 1. The molecular weight excluding hydrogens is 530 g/mol. The van der Waals surface area contributed by atoms with E-state index in [-0.39, 0.29) is 12.1 Å². The molecule has 0 fully saturated rings. The minimum absolute atomic E-state index is 0.138. The summed E-state index contributed by atoms with van der Waals surface area (Å²) >= 11 is 0. The van der Waals surface area contributed by atoms with Gasteiger partial charge in [-0.3, -0.25) is 0 Å². The van der Waals surface area contributed by atoms with Gasteiger partial charge in [0.1, 0.15) is 5.60 Å². The van der Waals surface area contributed by atoms with Crippen LogP contribution in [0.5, 0.6) is 0 Å². The first-order valence-corrected chi connectivity index (χ1v) is 14.9. The Kier molecular flexibility index (Phi) is 12.6. The molecule has 3 amide bonds. The highest BCUT2D eigenvalue weighted by Gasteiger charge is 2.20. The summed E-state index contributed by atoms with van der Waals surface area (Å²) in [5.74, 6) is 0. The van der Waals surface area contributed by atoms with E-state index in [0.717, 1.165) is 33.9 Å². The lowest BCUT2D eigenvalue weighted by molar-refractivity contribution is -0.140. The molecular formula is C34H47N3O5. The van der Waals surface area contributed by atoms with Crippen LogP contribution in [0, 0.1) is 0 Å². The second-order valence-corrected chi connectivity index (χ2v) is 11.3. The van der Waals surface area contributed by atoms with Crippen molar-refractivity contribution in [1.29, 1.82) is 0 Å². The molecule has 0 saturated carbocycles. The highest BCUT2D eigenvalue weighted by molar-refractivity contribution is 5.86. The number of hydrogen-bond acceptors (Lipinski definition) is 5. The number of amides is 3. The molecule has 3 aromatic rings. The van der Waals surface area contributed by atoms with Gasteiger partial charge in [0.15, 0.2) is 6.29 Å². The van der Waals surface area contributed by atoms with E-state index in [1.54, 1.807) is 0 Å². The molecule has 2 N–H and O–H groups in total. The fourth-order valence-electron chi connectivity index (χ4n) is 4.71. The number of carbonyl (C=O) groups is 2. The summed E-state index contributed by atoms with van der Waals surface area (Å²) in [6.07, 6.45) is 0.595. The van der Waals surface area contributed by atoms with Gasteiger partial charge in [-0.25, -0.2) is 9.59 Å². The van der Waals surface area contributed by atoms with Gasteiger partial charge in [-0.05, 0) is 76.3 Å². The lowest BCUT2D eigenvalue weighted by atomic mass is 10.00. The van der Waals surface area contributed by atoms with Crippen LogP contribution < -0.4 is 10.6 Å². The van der Waals surface area contributed by atoms with Crippen LogP contribution in [0.3, 0.4) is 0 Å². The fraction of sp³-hybridized carbons (Fsp3) is 0.471. The molecule has 0 aromatic heterocycles. The molecule has 0 radical (unpaired) electrons. The van der Waals surface area contributed by atoms with Gasteiger partial charge < -0.3 is 29.7 Å². The molecule has 3 rings (SSSR count). The minimum atomic E-state index is -0.541. The van der Waals surface area contributed by atoms with E-state index in [2.05, 4.69) is 34.9 Å². The number of benzene rings is 3. The van der Waals surface area contributed by atoms with Gasteiger partial charge in [-0.2, -0.15) is 0 Å². The summed E-state index contributed by atoms with van der Waals surface area (Å²) in [5.41, 5.74) is 2.48. The molecule has 0 spiro atoms. The van der Waals surface area contributed by atoms with E-state index in [1.807, 2.05) is 88.9 Å². The Labute approximate surface area is 250 Å². The Balaban J connectivity index is 1.68. The third kappa shape index (κ3) is 10.3. The maximum Gasteiger partial charge on any atom is 0.407 e. The topological polar surface area (TPSA) is 89.1 Å². The molecule has 42 heavy (non-hydrogen) atoms. The van der Waals surface area contributed by atoms with Gasteiger partial charge in [-0.1, -0.05) is 66.7 Å². The van der Waals surface area contributed by atoms with E-state index in [1.165, 1.54) is 0 Å². The number of carbonyl (C=O) groups excluding carboxylic acids is 2. The summed E-state index contributed by atoms with van der Waals surface area (Å²) < 4.78 is 16.8. The minimum Gasteiger partial charge on any atom is -0.444 e. The van der Waals surface area contributed by atoms with Crippen molar-refractivity contribution in [3.63, 3.8) is 0 Å². The standard InChI is InChI=1S/C34H47N3O5/c1-7-40-31(41-8-2)28-20-18-26(19-21-28)24-37(23-12-11-22-35-33(39)42-34(4,5)6)32(38)36-25(3)29-17-13-15-27-14-9-10-16-30(27)29/h9-10,13-21,25,31H,7-8,11-12,22-24H2,1-6H3,(H,35,39)(H,36,38)/t25-/m0/s1. The summed E-state index contributed by atoms with van der Waals surface area (Å²) in [5, 5.41) is 8.28. The van der Waals surface area contributed by atoms with Gasteiger partial charge in [0.25, 0.3) is 0 Å². The average Bonchev–Trinajstić information content (AvgIpc) is 2.95. The molecule has 0 aliphatic carbocycles. The van der Waals surface area contributed by atoms with Crippen LogP contribution in [-0.2, 0) is 20.8 Å². The Bertz CT molecular complexity index is 1260. The van der Waals surface area contributed by atoms with Crippen LogP contribution in [0.25, 0.3) is 10.8 Å². The molecule has 1 atom stereocenters. The van der Waals surface area contributed by atoms with Crippen LogP contribution in [0.2, 0.25) is 0 Å². The molecule has 8 heteroatoms. The quantitative estimate of drug-likeness (QED) is 0.153. The average molecular weight is 578 g/mol. The number of unbranched alkanes of at least 4 members (excludes halogenated alkanes) is 1. The van der Waals surface area contributed by atoms with Gasteiger partial charge in [0.05, 0.1) is 6.04 Å². The van der Waals surface area contributed by atoms with Crippen molar-refractivity contribution >= 4 is 22.9 Å². The van der Waals surface area contributed by atoms with E-state index < -0.39 is 18.0 Å². The highest BCUT2D eigenvalue weighted by Crippen LogP contribution is 2.25. The van der Waals surface area contributed by atoms with Gasteiger partial charge >= 0.3 is 12.1 Å². The van der Waals surface area contributed by atoms with E-state index >= 15 is 0 Å². The van der Waals surface area contributed by atoms with Crippen LogP contribution in [0.4, 0.5) is 9.59 Å². The molecule has 0 saturated heterocycles. The Morgan fingerprint density at radius 1 is 0.881 bits per heavy atom. The van der Waals surface area contributed by atoms with Crippen molar-refractivity contribution in [3.8, 4) is 0 Å². The summed E-state index contributed by atoms with van der Waals surface area (Å²) in [6.45, 7) is 14.0. The highest BCUT2D eigenvalue weighted by atomic mass is 16.7. The van der Waals surface area contributed by atoms with Crippen molar-refractivity contribution in [2.45, 2.75) is 78.9 Å². The first kappa shape index (κ1) is 32.9. The molecule has 8 nitrogen and oxygen atoms in total. The third-order valence-corrected chi connectivity index (χ3v) is 6.70. The first-order valence-electron chi connectivity index (χ1n) is 14.9. The van der Waals surface area contributed by atoms with Crippen molar-refractivity contribution in [2.24, 2.45) is 0 Å². The summed E-state index contributed by atoms with van der Waals surface area (Å²) in [4.78, 5) is 27.4. The molecule has 0 heterocycles. The normalized spacial score (nSPS) is 12.3. The molecule has 0 bridgehead atoms. The van der Waals surface area contributed by atoms with Gasteiger partial charge in [-0.15, -0.1) is 0 Å². The number of fused-ring (bicyclic) bond motifs is 1. The smallest absolute Gasteiger partial charge is 0.407 e. The summed E-state index contributed by atoms with van der Waals surface area (Å²) in [7, 11) is 0. The molecule has 0 unspecified atom stereocenters. The molecule has 0 aliphatic rings. The van der Waals surface area contributed by atoms with Crippen molar-refractivity contribution in [2.75, 3.05) is 26.3 Å². The second kappa shape index (κ2) is 16.1. The van der Waals surface area contributed by atoms with E-state index in [4.69, 9.17) is 14.2 Å². The van der Waals surface area contributed by atoms with Crippen LogP contribution in [0.15, 0.2) is 66.7 Å². The third-order valence-electron chi connectivity index (χ3n) is 6.70. The maximum absolute atomic E-state index is 13.6. The largest absolute Gasteiger partial charge is 0.444 e. The van der Waals surface area contributed by atoms with Gasteiger partial charge in [0, 0.05) is 38.4 Å². The van der Waals surface area contributed by atoms with Gasteiger partial charge in [0.2, 0.25) is 0 Å². The van der Waals surface area contributed by atoms with Crippen LogP contribution >= 0.6 is 0 Å². The summed E-state index contributed by atoms with van der Waals surface area (Å²) in [6, 6.07) is 22.1.